The Morgan fingerprint density at radius 3 is 2.44 bits per heavy atom. The van der Waals surface area contributed by atoms with Crippen LogP contribution in [0.2, 0.25) is 0 Å². The SMILES string of the molecule is CN(CC(=O)NC(CNC(=O)C(C)(C)CC#N)C1CCCC1)C(N)=O. The molecule has 0 saturated heterocycles. The van der Waals surface area contributed by atoms with Gasteiger partial charge in [-0.25, -0.2) is 4.79 Å². The number of nitrogens with two attached hydrogens (primary N) is 1. The number of nitrogens with one attached hydrogen (secondary N) is 2. The Morgan fingerprint density at radius 2 is 1.92 bits per heavy atom. The summed E-state index contributed by atoms with van der Waals surface area (Å²) in [5, 5.41) is 14.6. The van der Waals surface area contributed by atoms with E-state index in [-0.39, 0.29) is 30.8 Å². The Hall–Kier alpha value is -2.30. The van der Waals surface area contributed by atoms with Crippen LogP contribution in [0.3, 0.4) is 0 Å². The van der Waals surface area contributed by atoms with Crippen molar-refractivity contribution in [3.8, 4) is 6.07 Å². The quantitative estimate of drug-likeness (QED) is 0.595. The third kappa shape index (κ3) is 6.61. The van der Waals surface area contributed by atoms with E-state index >= 15 is 0 Å². The van der Waals surface area contributed by atoms with Gasteiger partial charge in [-0.1, -0.05) is 26.7 Å². The summed E-state index contributed by atoms with van der Waals surface area (Å²) in [6.45, 7) is 3.63. The molecule has 1 atom stereocenters. The average molecular weight is 351 g/mol. The van der Waals surface area contributed by atoms with Gasteiger partial charge in [0.25, 0.3) is 0 Å². The lowest BCUT2D eigenvalue weighted by Crippen LogP contribution is -2.52. The minimum atomic E-state index is -0.773. The van der Waals surface area contributed by atoms with Crippen molar-refractivity contribution in [1.29, 1.82) is 5.26 Å². The highest BCUT2D eigenvalue weighted by Crippen LogP contribution is 2.28. The number of nitriles is 1. The predicted molar refractivity (Wildman–Crippen MR) is 93.1 cm³/mol. The second kappa shape index (κ2) is 9.25. The number of urea groups is 1. The molecule has 1 aliphatic carbocycles. The summed E-state index contributed by atoms with van der Waals surface area (Å²) in [6.07, 6.45) is 4.32. The number of hydrogen-bond donors (Lipinski definition) is 3. The van der Waals surface area contributed by atoms with E-state index in [2.05, 4.69) is 10.6 Å². The van der Waals surface area contributed by atoms with Crippen LogP contribution in [-0.4, -0.2) is 48.9 Å². The zero-order valence-electron chi connectivity index (χ0n) is 15.3. The van der Waals surface area contributed by atoms with Gasteiger partial charge < -0.3 is 21.3 Å². The number of likely N-dealkylation sites (N-methyl/N-ethyl adjacent to an activating group) is 1. The molecule has 8 nitrogen and oxygen atoms in total. The highest BCUT2D eigenvalue weighted by Gasteiger charge is 2.31. The lowest BCUT2D eigenvalue weighted by Gasteiger charge is -2.28. The largest absolute Gasteiger partial charge is 0.354 e. The van der Waals surface area contributed by atoms with E-state index in [4.69, 9.17) is 11.0 Å². The molecule has 1 rings (SSSR count). The third-order valence-corrected chi connectivity index (χ3v) is 4.69. The van der Waals surface area contributed by atoms with Gasteiger partial charge in [0.1, 0.15) is 6.54 Å². The molecule has 0 aromatic carbocycles. The summed E-state index contributed by atoms with van der Waals surface area (Å²) < 4.78 is 0. The van der Waals surface area contributed by atoms with Gasteiger partial charge in [0, 0.05) is 26.1 Å². The average Bonchev–Trinajstić information content (AvgIpc) is 3.04. The first-order chi connectivity index (χ1) is 11.7. The van der Waals surface area contributed by atoms with Crippen LogP contribution in [0.25, 0.3) is 0 Å². The van der Waals surface area contributed by atoms with Crippen LogP contribution in [0.4, 0.5) is 4.79 Å². The minimum absolute atomic E-state index is 0.119. The molecule has 140 valence electrons. The first-order valence-corrected chi connectivity index (χ1v) is 8.62. The van der Waals surface area contributed by atoms with Crippen LogP contribution in [0.1, 0.15) is 46.0 Å². The summed E-state index contributed by atoms with van der Waals surface area (Å²) in [5.74, 6) is -0.216. The second-order valence-electron chi connectivity index (χ2n) is 7.34. The fraction of sp³-hybridized carbons (Fsp3) is 0.765. The summed E-state index contributed by atoms with van der Waals surface area (Å²) in [6, 6.07) is 1.15. The van der Waals surface area contributed by atoms with Crippen molar-refractivity contribution in [1.82, 2.24) is 15.5 Å². The van der Waals surface area contributed by atoms with Crippen LogP contribution in [0, 0.1) is 22.7 Å². The number of carbonyl (C=O) groups is 3. The molecule has 1 unspecified atom stereocenters. The van der Waals surface area contributed by atoms with E-state index in [0.717, 1.165) is 30.6 Å². The van der Waals surface area contributed by atoms with Crippen molar-refractivity contribution < 1.29 is 14.4 Å². The van der Waals surface area contributed by atoms with E-state index < -0.39 is 11.4 Å². The number of nitrogens with zero attached hydrogens (tertiary/aromatic N) is 2. The normalized spacial score (nSPS) is 15.9. The number of carbonyl (C=O) groups excluding carboxylic acids is 3. The molecule has 4 amide bonds. The molecule has 4 N–H and O–H groups in total. The van der Waals surface area contributed by atoms with E-state index in [1.54, 1.807) is 13.8 Å². The standard InChI is InChI=1S/C17H29N5O3/c1-17(2,8-9-18)15(24)20-10-13(12-6-4-5-7-12)21-14(23)11-22(3)16(19)25/h12-13H,4-8,10-11H2,1-3H3,(H2,19,25)(H,20,24)(H,21,23). The maximum absolute atomic E-state index is 12.3. The molecule has 1 fully saturated rings. The third-order valence-electron chi connectivity index (χ3n) is 4.69. The second-order valence-corrected chi connectivity index (χ2v) is 7.34. The minimum Gasteiger partial charge on any atom is -0.354 e. The molecule has 25 heavy (non-hydrogen) atoms. The van der Waals surface area contributed by atoms with E-state index in [0.29, 0.717) is 12.5 Å². The molecule has 0 spiro atoms. The van der Waals surface area contributed by atoms with Crippen molar-refractivity contribution in [2.24, 2.45) is 17.1 Å². The fourth-order valence-corrected chi connectivity index (χ4v) is 2.96. The number of hydrogen-bond acceptors (Lipinski definition) is 4. The highest BCUT2D eigenvalue weighted by atomic mass is 16.2. The van der Waals surface area contributed by atoms with Gasteiger partial charge >= 0.3 is 6.03 Å². The highest BCUT2D eigenvalue weighted by molar-refractivity contribution is 5.84. The number of amides is 4. The molecule has 0 aromatic heterocycles. The molecule has 8 heteroatoms. The van der Waals surface area contributed by atoms with Gasteiger partial charge in [0.05, 0.1) is 11.5 Å². The predicted octanol–water partition coefficient (Wildman–Crippen LogP) is 0.728. The zero-order valence-corrected chi connectivity index (χ0v) is 15.3. The number of rotatable bonds is 8. The zero-order chi connectivity index (χ0) is 19.0. The van der Waals surface area contributed by atoms with Crippen LogP contribution in [0.5, 0.6) is 0 Å². The van der Waals surface area contributed by atoms with Crippen molar-refractivity contribution >= 4 is 17.8 Å². The van der Waals surface area contributed by atoms with Gasteiger partial charge in [0.2, 0.25) is 11.8 Å². The van der Waals surface area contributed by atoms with E-state index in [1.807, 2.05) is 6.07 Å². The lowest BCUT2D eigenvalue weighted by molar-refractivity contribution is -0.130. The molecular weight excluding hydrogens is 322 g/mol. The Balaban J connectivity index is 2.65. The first-order valence-electron chi connectivity index (χ1n) is 8.62. The van der Waals surface area contributed by atoms with Gasteiger partial charge in [-0.05, 0) is 18.8 Å². The Kier molecular flexibility index (Phi) is 7.68. The van der Waals surface area contributed by atoms with Crippen LogP contribution >= 0.6 is 0 Å². The van der Waals surface area contributed by atoms with Crippen LogP contribution < -0.4 is 16.4 Å². The molecule has 0 bridgehead atoms. The van der Waals surface area contributed by atoms with Crippen LogP contribution in [0.15, 0.2) is 0 Å². The summed E-state index contributed by atoms with van der Waals surface area (Å²) in [4.78, 5) is 36.6. The van der Waals surface area contributed by atoms with E-state index in [1.165, 1.54) is 7.05 Å². The maximum Gasteiger partial charge on any atom is 0.314 e. The molecule has 0 radical (unpaired) electrons. The number of primary amides is 1. The van der Waals surface area contributed by atoms with Gasteiger partial charge in [-0.15, -0.1) is 0 Å². The molecule has 0 aromatic rings. The molecule has 0 aliphatic heterocycles. The fourth-order valence-electron chi connectivity index (χ4n) is 2.96. The van der Waals surface area contributed by atoms with Crippen LogP contribution in [-0.2, 0) is 9.59 Å². The Labute approximate surface area is 149 Å². The summed E-state index contributed by atoms with van der Waals surface area (Å²) in [7, 11) is 1.46. The summed E-state index contributed by atoms with van der Waals surface area (Å²) >= 11 is 0. The van der Waals surface area contributed by atoms with E-state index in [9.17, 15) is 14.4 Å². The van der Waals surface area contributed by atoms with Crippen molar-refractivity contribution in [2.75, 3.05) is 20.1 Å². The Bertz CT molecular complexity index is 535. The first kappa shape index (κ1) is 20.7. The van der Waals surface area contributed by atoms with Crippen molar-refractivity contribution in [3.05, 3.63) is 0 Å². The topological polar surface area (TPSA) is 128 Å². The van der Waals surface area contributed by atoms with Gasteiger partial charge in [-0.3, -0.25) is 9.59 Å². The maximum atomic E-state index is 12.3. The molecule has 1 aliphatic rings. The molecule has 1 saturated carbocycles. The molecular formula is C17H29N5O3. The van der Waals surface area contributed by atoms with Crippen molar-refractivity contribution in [3.63, 3.8) is 0 Å². The van der Waals surface area contributed by atoms with Crippen molar-refractivity contribution in [2.45, 2.75) is 52.0 Å². The Morgan fingerprint density at radius 1 is 1.32 bits per heavy atom. The lowest BCUT2D eigenvalue weighted by atomic mass is 9.88. The van der Waals surface area contributed by atoms with Gasteiger partial charge in [-0.2, -0.15) is 5.26 Å². The van der Waals surface area contributed by atoms with Gasteiger partial charge in [0.15, 0.2) is 0 Å². The molecule has 0 heterocycles. The summed E-state index contributed by atoms with van der Waals surface area (Å²) in [5.41, 5.74) is 4.36. The monoisotopic (exact) mass is 351 g/mol. The smallest absolute Gasteiger partial charge is 0.314 e.